The second-order valence-electron chi connectivity index (χ2n) is 6.05. The fourth-order valence-corrected chi connectivity index (χ4v) is 3.27. The highest BCUT2D eigenvalue weighted by atomic mass is 32.2. The van der Waals surface area contributed by atoms with E-state index in [-0.39, 0.29) is 10.8 Å². The molecule has 7 nitrogen and oxygen atoms in total. The number of ether oxygens (including phenoxy) is 1. The maximum atomic E-state index is 12.2. The SMILES string of the molecule is CC1CCN(C(=O)Oc2n[nH]c3cc(S(C)(=O)=O)ccc23)CC1. The fourth-order valence-electron chi connectivity index (χ4n) is 2.62. The van der Waals surface area contributed by atoms with Gasteiger partial charge in [0.05, 0.1) is 15.8 Å². The molecule has 1 amide bonds. The van der Waals surface area contributed by atoms with Crippen LogP contribution < -0.4 is 4.74 Å². The van der Waals surface area contributed by atoms with Gasteiger partial charge in [-0.3, -0.25) is 5.10 Å². The summed E-state index contributed by atoms with van der Waals surface area (Å²) in [6, 6.07) is 4.56. The monoisotopic (exact) mass is 337 g/mol. The molecule has 1 N–H and O–H groups in total. The van der Waals surface area contributed by atoms with E-state index in [2.05, 4.69) is 17.1 Å². The highest BCUT2D eigenvalue weighted by molar-refractivity contribution is 7.90. The fraction of sp³-hybridized carbons (Fsp3) is 0.467. The van der Waals surface area contributed by atoms with Gasteiger partial charge in [0, 0.05) is 19.3 Å². The number of carbonyl (C=O) groups excluding carboxylic acids is 1. The van der Waals surface area contributed by atoms with E-state index in [9.17, 15) is 13.2 Å². The van der Waals surface area contributed by atoms with Crippen molar-refractivity contribution in [3.05, 3.63) is 18.2 Å². The van der Waals surface area contributed by atoms with Crippen molar-refractivity contribution in [3.63, 3.8) is 0 Å². The van der Waals surface area contributed by atoms with Crippen LogP contribution in [0.15, 0.2) is 23.1 Å². The standard InChI is InChI=1S/C15H19N3O4S/c1-10-5-7-18(8-6-10)15(19)22-14-12-4-3-11(23(2,20)21)9-13(12)16-17-14/h3-4,9-10H,5-8H2,1-2H3,(H,16,17). The number of fused-ring (bicyclic) bond motifs is 1. The minimum atomic E-state index is -3.29. The topological polar surface area (TPSA) is 92.4 Å². The van der Waals surface area contributed by atoms with E-state index < -0.39 is 15.9 Å². The molecule has 1 saturated heterocycles. The first-order valence-electron chi connectivity index (χ1n) is 7.49. The maximum absolute atomic E-state index is 12.2. The van der Waals surface area contributed by atoms with Crippen LogP contribution in [0.1, 0.15) is 19.8 Å². The molecule has 0 spiro atoms. The lowest BCUT2D eigenvalue weighted by molar-refractivity contribution is 0.132. The molecule has 1 fully saturated rings. The van der Waals surface area contributed by atoms with Crippen LogP contribution in [0.25, 0.3) is 10.9 Å². The predicted octanol–water partition coefficient (Wildman–Crippen LogP) is 2.20. The molecule has 124 valence electrons. The van der Waals surface area contributed by atoms with Gasteiger partial charge in [0.15, 0.2) is 9.84 Å². The number of sulfone groups is 1. The number of aromatic amines is 1. The van der Waals surface area contributed by atoms with Gasteiger partial charge in [-0.25, -0.2) is 13.2 Å². The molecule has 0 saturated carbocycles. The van der Waals surface area contributed by atoms with E-state index in [0.29, 0.717) is 29.9 Å². The van der Waals surface area contributed by atoms with Crippen molar-refractivity contribution >= 4 is 26.8 Å². The van der Waals surface area contributed by atoms with Crippen molar-refractivity contribution in [2.45, 2.75) is 24.7 Å². The summed E-state index contributed by atoms with van der Waals surface area (Å²) in [5.74, 6) is 0.795. The third kappa shape index (κ3) is 3.31. The number of benzene rings is 1. The van der Waals surface area contributed by atoms with Crippen LogP contribution in [-0.2, 0) is 9.84 Å². The first kappa shape index (κ1) is 15.8. The number of piperidine rings is 1. The van der Waals surface area contributed by atoms with E-state index in [1.165, 1.54) is 12.1 Å². The van der Waals surface area contributed by atoms with E-state index in [4.69, 9.17) is 4.74 Å². The van der Waals surface area contributed by atoms with Gasteiger partial charge in [-0.15, -0.1) is 5.10 Å². The molecule has 1 aromatic heterocycles. The molecular formula is C15H19N3O4S. The number of nitrogens with zero attached hydrogens (tertiary/aromatic N) is 2. The number of likely N-dealkylation sites (tertiary alicyclic amines) is 1. The normalized spacial score (nSPS) is 16.7. The summed E-state index contributed by atoms with van der Waals surface area (Å²) >= 11 is 0. The number of hydrogen-bond acceptors (Lipinski definition) is 5. The molecule has 0 atom stereocenters. The molecule has 0 radical (unpaired) electrons. The van der Waals surface area contributed by atoms with Crippen molar-refractivity contribution in [1.29, 1.82) is 0 Å². The van der Waals surface area contributed by atoms with Crippen LogP contribution in [0.5, 0.6) is 5.88 Å². The van der Waals surface area contributed by atoms with Crippen LogP contribution in [0.2, 0.25) is 0 Å². The number of aromatic nitrogens is 2. The molecule has 2 aromatic rings. The van der Waals surface area contributed by atoms with Crippen LogP contribution in [0.4, 0.5) is 4.79 Å². The molecule has 0 bridgehead atoms. The number of rotatable bonds is 2. The van der Waals surface area contributed by atoms with E-state index in [1.807, 2.05) is 0 Å². The average Bonchev–Trinajstić information content (AvgIpc) is 2.89. The lowest BCUT2D eigenvalue weighted by atomic mass is 10.00. The van der Waals surface area contributed by atoms with Crippen molar-refractivity contribution < 1.29 is 17.9 Å². The Morgan fingerprint density at radius 1 is 1.35 bits per heavy atom. The number of amides is 1. The zero-order valence-corrected chi connectivity index (χ0v) is 13.9. The second-order valence-corrected chi connectivity index (χ2v) is 8.06. The molecule has 3 rings (SSSR count). The van der Waals surface area contributed by atoms with Gasteiger partial charge in [-0.1, -0.05) is 6.92 Å². The summed E-state index contributed by atoms with van der Waals surface area (Å²) in [7, 11) is -3.29. The second kappa shape index (κ2) is 5.84. The van der Waals surface area contributed by atoms with Crippen LogP contribution >= 0.6 is 0 Å². The van der Waals surface area contributed by atoms with Crippen molar-refractivity contribution in [2.24, 2.45) is 5.92 Å². The average molecular weight is 337 g/mol. The van der Waals surface area contributed by atoms with Crippen LogP contribution in [-0.4, -0.2) is 49.0 Å². The summed E-state index contributed by atoms with van der Waals surface area (Å²) in [6.45, 7) is 3.53. The van der Waals surface area contributed by atoms with Gasteiger partial charge in [-0.2, -0.15) is 0 Å². The number of nitrogens with one attached hydrogen (secondary N) is 1. The van der Waals surface area contributed by atoms with Crippen LogP contribution in [0, 0.1) is 5.92 Å². The zero-order valence-electron chi connectivity index (χ0n) is 13.1. The number of H-pyrrole nitrogens is 1. The molecular weight excluding hydrogens is 318 g/mol. The van der Waals surface area contributed by atoms with Crippen molar-refractivity contribution in [3.8, 4) is 5.88 Å². The molecule has 0 unspecified atom stereocenters. The molecule has 23 heavy (non-hydrogen) atoms. The Morgan fingerprint density at radius 2 is 2.04 bits per heavy atom. The lowest BCUT2D eigenvalue weighted by Crippen LogP contribution is -2.39. The zero-order chi connectivity index (χ0) is 16.6. The largest absolute Gasteiger partial charge is 0.416 e. The molecule has 2 heterocycles. The third-order valence-corrected chi connectivity index (χ3v) is 5.26. The Balaban J connectivity index is 1.80. The van der Waals surface area contributed by atoms with Gasteiger partial charge in [0.2, 0.25) is 0 Å². The minimum Gasteiger partial charge on any atom is -0.389 e. The first-order valence-corrected chi connectivity index (χ1v) is 9.38. The summed E-state index contributed by atoms with van der Waals surface area (Å²) in [4.78, 5) is 14.1. The van der Waals surface area contributed by atoms with Gasteiger partial charge >= 0.3 is 6.09 Å². The summed E-state index contributed by atoms with van der Waals surface area (Å²) in [6.07, 6.45) is 2.66. The van der Waals surface area contributed by atoms with Crippen LogP contribution in [0.3, 0.4) is 0 Å². The predicted molar refractivity (Wildman–Crippen MR) is 85.2 cm³/mol. The smallest absolute Gasteiger partial charge is 0.389 e. The Labute approximate surface area is 134 Å². The molecule has 0 aliphatic carbocycles. The number of hydrogen-bond donors (Lipinski definition) is 1. The molecule has 1 aliphatic heterocycles. The maximum Gasteiger partial charge on any atom is 0.416 e. The van der Waals surface area contributed by atoms with Crippen molar-refractivity contribution in [2.75, 3.05) is 19.3 Å². The third-order valence-electron chi connectivity index (χ3n) is 4.15. The highest BCUT2D eigenvalue weighted by Gasteiger charge is 2.23. The molecule has 1 aromatic carbocycles. The molecule has 8 heteroatoms. The quantitative estimate of drug-likeness (QED) is 0.907. The first-order chi connectivity index (χ1) is 10.8. The van der Waals surface area contributed by atoms with Gasteiger partial charge in [0.25, 0.3) is 5.88 Å². The summed E-state index contributed by atoms with van der Waals surface area (Å²) in [5.41, 5.74) is 0.517. The Kier molecular flexibility index (Phi) is 4.01. The highest BCUT2D eigenvalue weighted by Crippen LogP contribution is 2.26. The Morgan fingerprint density at radius 3 is 2.70 bits per heavy atom. The van der Waals surface area contributed by atoms with Gasteiger partial charge in [0.1, 0.15) is 0 Å². The molecule has 1 aliphatic rings. The van der Waals surface area contributed by atoms with Gasteiger partial charge < -0.3 is 9.64 Å². The van der Waals surface area contributed by atoms with Crippen molar-refractivity contribution in [1.82, 2.24) is 15.1 Å². The Bertz CT molecular complexity index is 836. The summed E-state index contributed by atoms with van der Waals surface area (Å²) in [5, 5.41) is 7.26. The van der Waals surface area contributed by atoms with Gasteiger partial charge in [-0.05, 0) is 37.0 Å². The van der Waals surface area contributed by atoms with E-state index >= 15 is 0 Å². The Hall–Kier alpha value is -2.09. The lowest BCUT2D eigenvalue weighted by Gasteiger charge is -2.29. The number of carbonyl (C=O) groups is 1. The van der Waals surface area contributed by atoms with E-state index in [1.54, 1.807) is 11.0 Å². The minimum absolute atomic E-state index is 0.170. The summed E-state index contributed by atoms with van der Waals surface area (Å²) < 4.78 is 28.5. The van der Waals surface area contributed by atoms with E-state index in [0.717, 1.165) is 19.1 Å².